The number of ether oxygens (including phenoxy) is 1. The van der Waals surface area contributed by atoms with Crippen molar-refractivity contribution in [3.05, 3.63) is 29.3 Å². The maximum absolute atomic E-state index is 8.58. The topological polar surface area (TPSA) is 29.5 Å². The molecule has 0 heterocycles. The van der Waals surface area contributed by atoms with Crippen LogP contribution in [0.5, 0.6) is 5.75 Å². The molecule has 0 unspecified atom stereocenters. The van der Waals surface area contributed by atoms with Gasteiger partial charge in [0.05, 0.1) is 6.61 Å². The van der Waals surface area contributed by atoms with Crippen LogP contribution in [0, 0.1) is 6.92 Å². The molecule has 0 aliphatic heterocycles. The Morgan fingerprint density at radius 2 is 2.15 bits per heavy atom. The SMILES string of the molecule is CCc1cc(OCCO)ccc1C. The molecule has 0 saturated heterocycles. The van der Waals surface area contributed by atoms with Gasteiger partial charge in [-0.2, -0.15) is 0 Å². The van der Waals surface area contributed by atoms with Gasteiger partial charge in [0, 0.05) is 0 Å². The molecule has 0 bridgehead atoms. The molecule has 13 heavy (non-hydrogen) atoms. The largest absolute Gasteiger partial charge is 0.491 e. The lowest BCUT2D eigenvalue weighted by atomic mass is 10.1. The minimum absolute atomic E-state index is 0.0648. The van der Waals surface area contributed by atoms with Gasteiger partial charge in [-0.05, 0) is 36.6 Å². The molecule has 2 heteroatoms. The number of benzene rings is 1. The summed E-state index contributed by atoms with van der Waals surface area (Å²) in [7, 11) is 0. The van der Waals surface area contributed by atoms with Crippen molar-refractivity contribution in [1.29, 1.82) is 0 Å². The number of aryl methyl sites for hydroxylation is 2. The van der Waals surface area contributed by atoms with Crippen molar-refractivity contribution >= 4 is 0 Å². The van der Waals surface area contributed by atoms with Crippen LogP contribution in [-0.2, 0) is 6.42 Å². The maximum atomic E-state index is 8.58. The monoisotopic (exact) mass is 180 g/mol. The smallest absolute Gasteiger partial charge is 0.119 e. The van der Waals surface area contributed by atoms with Gasteiger partial charge in [-0.3, -0.25) is 0 Å². The van der Waals surface area contributed by atoms with Crippen molar-refractivity contribution in [3.8, 4) is 5.75 Å². The molecule has 0 amide bonds. The molecular formula is C11H16O2. The normalized spacial score (nSPS) is 10.1. The summed E-state index contributed by atoms with van der Waals surface area (Å²) in [6.45, 7) is 4.65. The van der Waals surface area contributed by atoms with E-state index in [1.165, 1.54) is 11.1 Å². The van der Waals surface area contributed by atoms with Crippen molar-refractivity contribution in [2.45, 2.75) is 20.3 Å². The van der Waals surface area contributed by atoms with Gasteiger partial charge in [-0.25, -0.2) is 0 Å². The summed E-state index contributed by atoms with van der Waals surface area (Å²) in [5, 5.41) is 8.58. The number of aliphatic hydroxyl groups excluding tert-OH is 1. The van der Waals surface area contributed by atoms with E-state index in [0.29, 0.717) is 6.61 Å². The highest BCUT2D eigenvalue weighted by molar-refractivity contribution is 5.34. The van der Waals surface area contributed by atoms with Gasteiger partial charge in [0.15, 0.2) is 0 Å². The van der Waals surface area contributed by atoms with Gasteiger partial charge >= 0.3 is 0 Å². The van der Waals surface area contributed by atoms with E-state index >= 15 is 0 Å². The van der Waals surface area contributed by atoms with Gasteiger partial charge in [0.25, 0.3) is 0 Å². The van der Waals surface area contributed by atoms with Gasteiger partial charge in [0.1, 0.15) is 12.4 Å². The molecular weight excluding hydrogens is 164 g/mol. The first-order valence-corrected chi connectivity index (χ1v) is 4.61. The average Bonchev–Trinajstić information content (AvgIpc) is 2.16. The summed E-state index contributed by atoms with van der Waals surface area (Å²) < 4.78 is 5.30. The summed E-state index contributed by atoms with van der Waals surface area (Å²) in [5.74, 6) is 0.844. The van der Waals surface area contributed by atoms with E-state index in [0.717, 1.165) is 12.2 Å². The van der Waals surface area contributed by atoms with Crippen LogP contribution in [0.4, 0.5) is 0 Å². The highest BCUT2D eigenvalue weighted by Crippen LogP contribution is 2.17. The van der Waals surface area contributed by atoms with Gasteiger partial charge in [0.2, 0.25) is 0 Å². The van der Waals surface area contributed by atoms with E-state index in [4.69, 9.17) is 9.84 Å². The van der Waals surface area contributed by atoms with Crippen molar-refractivity contribution < 1.29 is 9.84 Å². The lowest BCUT2D eigenvalue weighted by Gasteiger charge is -2.07. The van der Waals surface area contributed by atoms with Crippen molar-refractivity contribution in [2.75, 3.05) is 13.2 Å². The average molecular weight is 180 g/mol. The first-order chi connectivity index (χ1) is 6.27. The van der Waals surface area contributed by atoms with Crippen molar-refractivity contribution in [2.24, 2.45) is 0 Å². The molecule has 1 aromatic carbocycles. The van der Waals surface area contributed by atoms with Crippen LogP contribution in [0.3, 0.4) is 0 Å². The van der Waals surface area contributed by atoms with Crippen LogP contribution in [0.15, 0.2) is 18.2 Å². The number of rotatable bonds is 4. The second-order valence-electron chi connectivity index (χ2n) is 3.01. The molecule has 0 aromatic heterocycles. The van der Waals surface area contributed by atoms with Crippen molar-refractivity contribution in [3.63, 3.8) is 0 Å². The fourth-order valence-corrected chi connectivity index (χ4v) is 1.28. The first-order valence-electron chi connectivity index (χ1n) is 4.61. The van der Waals surface area contributed by atoms with E-state index in [-0.39, 0.29) is 6.61 Å². The maximum Gasteiger partial charge on any atom is 0.119 e. The van der Waals surface area contributed by atoms with E-state index in [9.17, 15) is 0 Å². The van der Waals surface area contributed by atoms with Crippen LogP contribution < -0.4 is 4.74 Å². The molecule has 0 aliphatic rings. The van der Waals surface area contributed by atoms with Crippen LogP contribution in [0.25, 0.3) is 0 Å². The molecule has 0 saturated carbocycles. The van der Waals surface area contributed by atoms with Crippen LogP contribution >= 0.6 is 0 Å². The molecule has 1 rings (SSSR count). The summed E-state index contributed by atoms with van der Waals surface area (Å²) >= 11 is 0. The summed E-state index contributed by atoms with van der Waals surface area (Å²) in [6.07, 6.45) is 1.02. The molecule has 1 aromatic rings. The Morgan fingerprint density at radius 3 is 2.77 bits per heavy atom. The zero-order valence-corrected chi connectivity index (χ0v) is 8.21. The Kier molecular flexibility index (Phi) is 3.77. The third-order valence-electron chi connectivity index (χ3n) is 2.06. The number of hydrogen-bond donors (Lipinski definition) is 1. The minimum Gasteiger partial charge on any atom is -0.491 e. The Balaban J connectivity index is 2.74. The number of hydrogen-bond acceptors (Lipinski definition) is 2. The second kappa shape index (κ2) is 4.87. The summed E-state index contributed by atoms with van der Waals surface area (Å²) in [5.41, 5.74) is 2.59. The standard InChI is InChI=1S/C11H16O2/c1-3-10-8-11(13-7-6-12)5-4-9(10)2/h4-5,8,12H,3,6-7H2,1-2H3. The van der Waals surface area contributed by atoms with E-state index in [2.05, 4.69) is 13.8 Å². The quantitative estimate of drug-likeness (QED) is 0.767. The molecule has 0 fully saturated rings. The Hall–Kier alpha value is -1.02. The predicted molar refractivity (Wildman–Crippen MR) is 53.1 cm³/mol. The number of aliphatic hydroxyl groups is 1. The Labute approximate surface area is 79.2 Å². The highest BCUT2D eigenvalue weighted by Gasteiger charge is 1.98. The van der Waals surface area contributed by atoms with Crippen LogP contribution in [0.2, 0.25) is 0 Å². The third-order valence-corrected chi connectivity index (χ3v) is 2.06. The second-order valence-corrected chi connectivity index (χ2v) is 3.01. The lowest BCUT2D eigenvalue weighted by Crippen LogP contribution is -2.02. The molecule has 0 atom stereocenters. The molecule has 72 valence electrons. The molecule has 2 nitrogen and oxygen atoms in total. The van der Waals surface area contributed by atoms with Gasteiger partial charge < -0.3 is 9.84 Å². The zero-order valence-electron chi connectivity index (χ0n) is 8.21. The van der Waals surface area contributed by atoms with E-state index in [1.807, 2.05) is 18.2 Å². The summed E-state index contributed by atoms with van der Waals surface area (Å²) in [4.78, 5) is 0. The van der Waals surface area contributed by atoms with Gasteiger partial charge in [-0.15, -0.1) is 0 Å². The van der Waals surface area contributed by atoms with Crippen LogP contribution in [-0.4, -0.2) is 18.3 Å². The van der Waals surface area contributed by atoms with E-state index in [1.54, 1.807) is 0 Å². The minimum atomic E-state index is 0.0648. The third kappa shape index (κ3) is 2.74. The lowest BCUT2D eigenvalue weighted by molar-refractivity contribution is 0.201. The summed E-state index contributed by atoms with van der Waals surface area (Å²) in [6, 6.07) is 6.01. The van der Waals surface area contributed by atoms with E-state index < -0.39 is 0 Å². The fourth-order valence-electron chi connectivity index (χ4n) is 1.28. The van der Waals surface area contributed by atoms with Crippen LogP contribution in [0.1, 0.15) is 18.1 Å². The molecule has 0 aliphatic carbocycles. The Morgan fingerprint density at radius 1 is 1.38 bits per heavy atom. The highest BCUT2D eigenvalue weighted by atomic mass is 16.5. The first kappa shape index (κ1) is 10.1. The zero-order chi connectivity index (χ0) is 9.68. The molecule has 1 N–H and O–H groups in total. The Bertz CT molecular complexity index is 269. The molecule has 0 radical (unpaired) electrons. The van der Waals surface area contributed by atoms with Crippen molar-refractivity contribution in [1.82, 2.24) is 0 Å². The van der Waals surface area contributed by atoms with Gasteiger partial charge in [-0.1, -0.05) is 13.0 Å². The predicted octanol–water partition coefficient (Wildman–Crippen LogP) is 1.93. The fraction of sp³-hybridized carbons (Fsp3) is 0.455. The molecule has 0 spiro atoms.